The molecule has 96 valence electrons. The molecule has 0 spiro atoms. The predicted octanol–water partition coefficient (Wildman–Crippen LogP) is 1.48. The smallest absolute Gasteiger partial charge is 0.122 e. The van der Waals surface area contributed by atoms with E-state index in [0.717, 1.165) is 32.7 Å². The van der Waals surface area contributed by atoms with E-state index in [4.69, 9.17) is 0 Å². The van der Waals surface area contributed by atoms with Gasteiger partial charge < -0.3 is 9.88 Å². The first-order valence-corrected chi connectivity index (χ1v) is 6.79. The highest BCUT2D eigenvalue weighted by Crippen LogP contribution is 2.11. The zero-order valence-electron chi connectivity index (χ0n) is 11.0. The van der Waals surface area contributed by atoms with E-state index >= 15 is 0 Å². The molecule has 1 N–H and O–H groups in total. The van der Waals surface area contributed by atoms with Gasteiger partial charge >= 0.3 is 0 Å². The van der Waals surface area contributed by atoms with Gasteiger partial charge in [0.05, 0.1) is 6.54 Å². The van der Waals surface area contributed by atoms with Crippen LogP contribution in [-0.2, 0) is 13.1 Å². The quantitative estimate of drug-likeness (QED) is 0.812. The Hall–Kier alpha value is -0.870. The van der Waals surface area contributed by atoms with Gasteiger partial charge in [-0.05, 0) is 13.0 Å². The minimum absolute atomic E-state index is 0.631. The lowest BCUT2D eigenvalue weighted by Crippen LogP contribution is -2.44. The maximum Gasteiger partial charge on any atom is 0.122 e. The summed E-state index contributed by atoms with van der Waals surface area (Å²) in [5, 5.41) is 3.58. The summed E-state index contributed by atoms with van der Waals surface area (Å²) in [6.07, 6.45) is 6.51. The van der Waals surface area contributed by atoms with Crippen molar-refractivity contribution in [2.24, 2.45) is 0 Å². The molecule has 2 rings (SSSR count). The molecular formula is C13H24N4. The highest BCUT2D eigenvalue weighted by molar-refractivity contribution is 4.95. The summed E-state index contributed by atoms with van der Waals surface area (Å²) in [4.78, 5) is 6.93. The number of hydrogen-bond donors (Lipinski definition) is 1. The van der Waals surface area contributed by atoms with Crippen molar-refractivity contribution < 1.29 is 0 Å². The van der Waals surface area contributed by atoms with E-state index < -0.39 is 0 Å². The topological polar surface area (TPSA) is 33.1 Å². The summed E-state index contributed by atoms with van der Waals surface area (Å²) < 4.78 is 2.26. The van der Waals surface area contributed by atoms with Gasteiger partial charge in [-0.1, -0.05) is 20.3 Å². The molecule has 4 heteroatoms. The molecule has 2 heterocycles. The Bertz CT molecular complexity index is 328. The average molecular weight is 236 g/mol. The first-order chi connectivity index (χ1) is 8.33. The fourth-order valence-electron chi connectivity index (χ4n) is 2.59. The highest BCUT2D eigenvalue weighted by atomic mass is 15.2. The van der Waals surface area contributed by atoms with Crippen LogP contribution in [0.15, 0.2) is 12.4 Å². The molecule has 0 fully saturated rings. The fraction of sp³-hybridized carbons (Fsp3) is 0.769. The molecule has 0 saturated carbocycles. The SMILES string of the molecule is CCCC(CN1CCn2ccnc2C1)NCC. The Morgan fingerprint density at radius 3 is 3.06 bits per heavy atom. The molecule has 0 aliphatic carbocycles. The first-order valence-electron chi connectivity index (χ1n) is 6.79. The maximum atomic E-state index is 4.41. The molecule has 0 radical (unpaired) electrons. The number of imidazole rings is 1. The monoisotopic (exact) mass is 236 g/mol. The van der Waals surface area contributed by atoms with Gasteiger partial charge in [0.25, 0.3) is 0 Å². The third-order valence-electron chi connectivity index (χ3n) is 3.43. The molecule has 1 unspecified atom stereocenters. The van der Waals surface area contributed by atoms with Crippen LogP contribution in [0.1, 0.15) is 32.5 Å². The average Bonchev–Trinajstić information content (AvgIpc) is 2.77. The molecule has 0 aromatic carbocycles. The van der Waals surface area contributed by atoms with E-state index in [1.54, 1.807) is 0 Å². The van der Waals surface area contributed by atoms with Gasteiger partial charge in [0.2, 0.25) is 0 Å². The number of nitrogens with one attached hydrogen (secondary N) is 1. The number of nitrogens with zero attached hydrogens (tertiary/aromatic N) is 3. The molecule has 0 bridgehead atoms. The lowest BCUT2D eigenvalue weighted by molar-refractivity contribution is 0.191. The van der Waals surface area contributed by atoms with Crippen LogP contribution >= 0.6 is 0 Å². The Morgan fingerprint density at radius 2 is 2.29 bits per heavy atom. The molecular weight excluding hydrogens is 212 g/mol. The van der Waals surface area contributed by atoms with Crippen LogP contribution in [0.5, 0.6) is 0 Å². The van der Waals surface area contributed by atoms with E-state index in [1.165, 1.54) is 18.7 Å². The maximum absolute atomic E-state index is 4.41. The summed E-state index contributed by atoms with van der Waals surface area (Å²) in [6, 6.07) is 0.631. The van der Waals surface area contributed by atoms with Crippen LogP contribution in [0, 0.1) is 0 Å². The lowest BCUT2D eigenvalue weighted by Gasteiger charge is -2.31. The summed E-state index contributed by atoms with van der Waals surface area (Å²) in [5.41, 5.74) is 0. The van der Waals surface area contributed by atoms with Crippen molar-refractivity contribution in [2.75, 3.05) is 19.6 Å². The summed E-state index contributed by atoms with van der Waals surface area (Å²) in [5.74, 6) is 1.21. The zero-order chi connectivity index (χ0) is 12.1. The van der Waals surface area contributed by atoms with Crippen LogP contribution in [0.3, 0.4) is 0 Å². The second-order valence-corrected chi connectivity index (χ2v) is 4.82. The van der Waals surface area contributed by atoms with Crippen LogP contribution < -0.4 is 5.32 Å². The normalized spacial score (nSPS) is 18.0. The lowest BCUT2D eigenvalue weighted by atomic mass is 10.1. The summed E-state index contributed by atoms with van der Waals surface area (Å²) in [7, 11) is 0. The van der Waals surface area contributed by atoms with Crippen molar-refractivity contribution >= 4 is 0 Å². The molecule has 1 aliphatic rings. The van der Waals surface area contributed by atoms with E-state index in [-0.39, 0.29) is 0 Å². The minimum atomic E-state index is 0.631. The number of hydrogen-bond acceptors (Lipinski definition) is 3. The Kier molecular flexibility index (Phi) is 4.57. The molecule has 0 amide bonds. The second kappa shape index (κ2) is 6.17. The third-order valence-corrected chi connectivity index (χ3v) is 3.43. The van der Waals surface area contributed by atoms with Crippen LogP contribution in [0.2, 0.25) is 0 Å². The molecule has 4 nitrogen and oxygen atoms in total. The third kappa shape index (κ3) is 3.30. The van der Waals surface area contributed by atoms with Gasteiger partial charge in [0.15, 0.2) is 0 Å². The van der Waals surface area contributed by atoms with Crippen LogP contribution in [-0.4, -0.2) is 40.1 Å². The standard InChI is InChI=1S/C13H24N4/c1-3-5-12(14-4-2)10-16-8-9-17-7-6-15-13(17)11-16/h6-7,12,14H,3-5,8-11H2,1-2H3. The van der Waals surface area contributed by atoms with Crippen molar-refractivity contribution in [2.45, 2.75) is 45.8 Å². The number of rotatable bonds is 6. The molecule has 1 aromatic heterocycles. The molecule has 1 aliphatic heterocycles. The van der Waals surface area contributed by atoms with Crippen molar-refractivity contribution in [3.05, 3.63) is 18.2 Å². The van der Waals surface area contributed by atoms with Crippen LogP contribution in [0.4, 0.5) is 0 Å². The summed E-state index contributed by atoms with van der Waals surface area (Å²) in [6.45, 7) is 9.88. The summed E-state index contributed by atoms with van der Waals surface area (Å²) >= 11 is 0. The Balaban J connectivity index is 1.87. The largest absolute Gasteiger partial charge is 0.333 e. The second-order valence-electron chi connectivity index (χ2n) is 4.82. The Morgan fingerprint density at radius 1 is 1.41 bits per heavy atom. The molecule has 1 atom stereocenters. The van der Waals surface area contributed by atoms with Gasteiger partial charge in [0.1, 0.15) is 5.82 Å². The van der Waals surface area contributed by atoms with Gasteiger partial charge in [-0.15, -0.1) is 0 Å². The van der Waals surface area contributed by atoms with E-state index in [1.807, 2.05) is 6.20 Å². The molecule has 0 saturated heterocycles. The van der Waals surface area contributed by atoms with Crippen molar-refractivity contribution in [1.29, 1.82) is 0 Å². The van der Waals surface area contributed by atoms with Gasteiger partial charge in [-0.3, -0.25) is 4.90 Å². The molecule has 17 heavy (non-hydrogen) atoms. The van der Waals surface area contributed by atoms with E-state index in [2.05, 4.69) is 39.8 Å². The van der Waals surface area contributed by atoms with E-state index in [9.17, 15) is 0 Å². The van der Waals surface area contributed by atoms with Crippen LogP contribution in [0.25, 0.3) is 0 Å². The van der Waals surface area contributed by atoms with Crippen molar-refractivity contribution in [3.8, 4) is 0 Å². The highest BCUT2D eigenvalue weighted by Gasteiger charge is 2.19. The first kappa shape index (κ1) is 12.6. The van der Waals surface area contributed by atoms with E-state index in [0.29, 0.717) is 6.04 Å². The van der Waals surface area contributed by atoms with Gasteiger partial charge in [-0.2, -0.15) is 0 Å². The Labute approximate surface area is 104 Å². The van der Waals surface area contributed by atoms with Gasteiger partial charge in [0, 0.05) is 38.1 Å². The van der Waals surface area contributed by atoms with Crippen molar-refractivity contribution in [3.63, 3.8) is 0 Å². The predicted molar refractivity (Wildman–Crippen MR) is 69.9 cm³/mol. The molecule has 1 aromatic rings. The van der Waals surface area contributed by atoms with Gasteiger partial charge in [-0.25, -0.2) is 4.98 Å². The number of fused-ring (bicyclic) bond motifs is 1. The van der Waals surface area contributed by atoms with Crippen molar-refractivity contribution in [1.82, 2.24) is 19.8 Å². The number of aromatic nitrogens is 2. The number of likely N-dealkylation sites (N-methyl/N-ethyl adjacent to an activating group) is 1. The zero-order valence-corrected chi connectivity index (χ0v) is 11.0. The minimum Gasteiger partial charge on any atom is -0.333 e. The fourth-order valence-corrected chi connectivity index (χ4v) is 2.59.